The Morgan fingerprint density at radius 1 is 0.900 bits per heavy atom. The third-order valence-corrected chi connectivity index (χ3v) is 5.70. The van der Waals surface area contributed by atoms with E-state index >= 15 is 0 Å². The Hall–Kier alpha value is -1.06. The molecule has 0 aliphatic heterocycles. The van der Waals surface area contributed by atoms with E-state index < -0.39 is 0 Å². The number of carbonyl (C=O) groups excluding carboxylic acids is 2. The van der Waals surface area contributed by atoms with Crippen LogP contribution in [0.5, 0.6) is 0 Å². The van der Waals surface area contributed by atoms with Crippen LogP contribution in [-0.2, 0) is 9.59 Å². The van der Waals surface area contributed by atoms with Crippen LogP contribution in [0.15, 0.2) is 0 Å². The standard InChI is InChI=1S/C16H26N2O2/c1-3-17-13(19)15-6-11-5-12(7-15)9-16(8-11,10-15)14(20)18-4-2/h11-12H,3-10H2,1-2H3,(H,17,19)(H,18,20). The van der Waals surface area contributed by atoms with E-state index in [4.69, 9.17) is 0 Å². The zero-order chi connectivity index (χ0) is 14.4. The molecule has 0 aromatic heterocycles. The molecular formula is C16H26N2O2. The molecule has 0 unspecified atom stereocenters. The zero-order valence-electron chi connectivity index (χ0n) is 12.6. The van der Waals surface area contributed by atoms with Gasteiger partial charge in [-0.15, -0.1) is 0 Å². The summed E-state index contributed by atoms with van der Waals surface area (Å²) in [6.07, 6.45) is 5.98. The van der Waals surface area contributed by atoms with Crippen LogP contribution in [0, 0.1) is 22.7 Å². The van der Waals surface area contributed by atoms with E-state index in [9.17, 15) is 9.59 Å². The van der Waals surface area contributed by atoms with Crippen LogP contribution in [0.4, 0.5) is 0 Å². The predicted octanol–water partition coefficient (Wildman–Crippen LogP) is 1.85. The van der Waals surface area contributed by atoms with Crippen molar-refractivity contribution in [1.29, 1.82) is 0 Å². The van der Waals surface area contributed by atoms with Crippen molar-refractivity contribution in [2.45, 2.75) is 52.4 Å². The van der Waals surface area contributed by atoms with E-state index in [1.807, 2.05) is 13.8 Å². The Morgan fingerprint density at radius 3 is 1.65 bits per heavy atom. The minimum Gasteiger partial charge on any atom is -0.356 e. The second-order valence-corrected chi connectivity index (χ2v) is 7.24. The van der Waals surface area contributed by atoms with Crippen LogP contribution >= 0.6 is 0 Å². The van der Waals surface area contributed by atoms with Gasteiger partial charge in [-0.1, -0.05) is 0 Å². The largest absolute Gasteiger partial charge is 0.356 e. The number of hydrogen-bond donors (Lipinski definition) is 2. The first kappa shape index (κ1) is 13.9. The first-order valence-corrected chi connectivity index (χ1v) is 8.10. The maximum atomic E-state index is 12.6. The lowest BCUT2D eigenvalue weighted by molar-refractivity contribution is -0.167. The molecule has 4 rings (SSSR count). The number of amides is 2. The summed E-state index contributed by atoms with van der Waals surface area (Å²) in [6.45, 7) is 5.31. The molecule has 2 amide bonds. The Labute approximate surface area is 121 Å². The van der Waals surface area contributed by atoms with E-state index in [0.717, 1.165) is 32.1 Å². The van der Waals surface area contributed by atoms with Crippen molar-refractivity contribution in [3.63, 3.8) is 0 Å². The zero-order valence-corrected chi connectivity index (χ0v) is 12.6. The molecule has 0 spiro atoms. The summed E-state index contributed by atoms with van der Waals surface area (Å²) in [6, 6.07) is 0. The predicted molar refractivity (Wildman–Crippen MR) is 76.9 cm³/mol. The summed E-state index contributed by atoms with van der Waals surface area (Å²) in [4.78, 5) is 25.2. The quantitative estimate of drug-likeness (QED) is 0.824. The summed E-state index contributed by atoms with van der Waals surface area (Å²) in [5, 5.41) is 6.04. The van der Waals surface area contributed by atoms with E-state index in [1.54, 1.807) is 0 Å². The van der Waals surface area contributed by atoms with Gasteiger partial charge in [0, 0.05) is 13.1 Å². The third kappa shape index (κ3) is 1.95. The van der Waals surface area contributed by atoms with Gasteiger partial charge in [0.25, 0.3) is 0 Å². The molecule has 4 bridgehead atoms. The Kier molecular flexibility index (Phi) is 3.30. The number of rotatable bonds is 4. The fourth-order valence-electron chi connectivity index (χ4n) is 5.49. The molecule has 0 heterocycles. The fourth-order valence-corrected chi connectivity index (χ4v) is 5.49. The molecule has 0 aromatic rings. The van der Waals surface area contributed by atoms with Crippen molar-refractivity contribution in [2.75, 3.05) is 13.1 Å². The van der Waals surface area contributed by atoms with E-state index in [1.165, 1.54) is 6.42 Å². The topological polar surface area (TPSA) is 58.2 Å². The molecule has 0 atom stereocenters. The molecule has 0 aromatic carbocycles. The van der Waals surface area contributed by atoms with Crippen LogP contribution < -0.4 is 10.6 Å². The van der Waals surface area contributed by atoms with Crippen molar-refractivity contribution in [1.82, 2.24) is 10.6 Å². The van der Waals surface area contributed by atoms with Gasteiger partial charge in [-0.25, -0.2) is 0 Å². The molecule has 4 fully saturated rings. The molecule has 2 N–H and O–H groups in total. The van der Waals surface area contributed by atoms with Crippen LogP contribution in [-0.4, -0.2) is 24.9 Å². The van der Waals surface area contributed by atoms with Crippen LogP contribution in [0.1, 0.15) is 52.4 Å². The van der Waals surface area contributed by atoms with Crippen molar-refractivity contribution >= 4 is 11.8 Å². The Bertz CT molecular complexity index is 382. The van der Waals surface area contributed by atoms with Crippen molar-refractivity contribution in [3.05, 3.63) is 0 Å². The second-order valence-electron chi connectivity index (χ2n) is 7.24. The third-order valence-electron chi connectivity index (χ3n) is 5.70. The lowest BCUT2D eigenvalue weighted by Crippen LogP contribution is -2.61. The average molecular weight is 278 g/mol. The molecule has 4 aliphatic carbocycles. The van der Waals surface area contributed by atoms with Gasteiger partial charge < -0.3 is 10.6 Å². The van der Waals surface area contributed by atoms with Gasteiger partial charge in [0.2, 0.25) is 11.8 Å². The summed E-state index contributed by atoms with van der Waals surface area (Å²) in [5.41, 5.74) is -0.518. The summed E-state index contributed by atoms with van der Waals surface area (Å²) in [5.74, 6) is 1.54. The normalized spacial score (nSPS) is 41.5. The minimum atomic E-state index is -0.259. The first-order valence-electron chi connectivity index (χ1n) is 8.10. The van der Waals surface area contributed by atoms with Gasteiger partial charge in [0.15, 0.2) is 0 Å². The van der Waals surface area contributed by atoms with Crippen molar-refractivity contribution in [2.24, 2.45) is 22.7 Å². The highest BCUT2D eigenvalue weighted by molar-refractivity contribution is 5.88. The number of nitrogens with one attached hydrogen (secondary N) is 2. The maximum absolute atomic E-state index is 12.6. The minimum absolute atomic E-state index is 0.197. The molecule has 4 aliphatic rings. The van der Waals surface area contributed by atoms with Crippen LogP contribution in [0.2, 0.25) is 0 Å². The van der Waals surface area contributed by atoms with Gasteiger partial charge in [-0.2, -0.15) is 0 Å². The van der Waals surface area contributed by atoms with Crippen LogP contribution in [0.25, 0.3) is 0 Å². The Morgan fingerprint density at radius 2 is 1.30 bits per heavy atom. The van der Waals surface area contributed by atoms with Gasteiger partial charge in [-0.3, -0.25) is 9.59 Å². The summed E-state index contributed by atoms with van der Waals surface area (Å²) < 4.78 is 0. The number of carbonyl (C=O) groups is 2. The first-order chi connectivity index (χ1) is 9.53. The smallest absolute Gasteiger partial charge is 0.226 e. The molecule has 4 nitrogen and oxygen atoms in total. The Balaban J connectivity index is 1.89. The van der Waals surface area contributed by atoms with Gasteiger partial charge in [0.1, 0.15) is 0 Å². The van der Waals surface area contributed by atoms with E-state index in [0.29, 0.717) is 24.9 Å². The molecular weight excluding hydrogens is 252 g/mol. The molecule has 112 valence electrons. The monoisotopic (exact) mass is 278 g/mol. The molecule has 4 saturated carbocycles. The summed E-state index contributed by atoms with van der Waals surface area (Å²) >= 11 is 0. The van der Waals surface area contributed by atoms with Gasteiger partial charge in [-0.05, 0) is 64.2 Å². The van der Waals surface area contributed by atoms with Crippen molar-refractivity contribution in [3.8, 4) is 0 Å². The highest BCUT2D eigenvalue weighted by Crippen LogP contribution is 2.65. The summed E-state index contributed by atoms with van der Waals surface area (Å²) in [7, 11) is 0. The second kappa shape index (κ2) is 4.74. The average Bonchev–Trinajstić information content (AvgIpc) is 2.37. The molecule has 20 heavy (non-hydrogen) atoms. The highest BCUT2D eigenvalue weighted by Gasteiger charge is 2.62. The fraction of sp³-hybridized carbons (Fsp3) is 0.875. The SMILES string of the molecule is CCNC(=O)C12CC3CC(C1)CC(C(=O)NCC)(C3)C2. The lowest BCUT2D eigenvalue weighted by atomic mass is 9.43. The maximum Gasteiger partial charge on any atom is 0.226 e. The van der Waals surface area contributed by atoms with E-state index in [-0.39, 0.29) is 22.6 Å². The van der Waals surface area contributed by atoms with Gasteiger partial charge >= 0.3 is 0 Å². The molecule has 0 saturated heterocycles. The highest BCUT2D eigenvalue weighted by atomic mass is 16.2. The van der Waals surface area contributed by atoms with Crippen molar-refractivity contribution < 1.29 is 9.59 Å². The molecule has 0 radical (unpaired) electrons. The lowest BCUT2D eigenvalue weighted by Gasteiger charge is -2.60. The molecule has 4 heteroatoms. The van der Waals surface area contributed by atoms with Crippen LogP contribution in [0.3, 0.4) is 0 Å². The number of hydrogen-bond acceptors (Lipinski definition) is 2. The van der Waals surface area contributed by atoms with Gasteiger partial charge in [0.05, 0.1) is 10.8 Å². The van der Waals surface area contributed by atoms with E-state index in [2.05, 4.69) is 10.6 Å².